The van der Waals surface area contributed by atoms with Crippen molar-refractivity contribution in [1.29, 1.82) is 0 Å². The van der Waals surface area contributed by atoms with Crippen molar-refractivity contribution in [1.82, 2.24) is 25.6 Å². The largest absolute Gasteiger partial charge is 0.465 e. The number of ether oxygens (including phenoxy) is 1. The second kappa shape index (κ2) is 11.9. The number of benzene rings is 2. The van der Waals surface area contributed by atoms with Crippen molar-refractivity contribution < 1.29 is 14.3 Å². The van der Waals surface area contributed by atoms with Crippen LogP contribution in [0.15, 0.2) is 67.0 Å². The van der Waals surface area contributed by atoms with Gasteiger partial charge in [0.1, 0.15) is 17.8 Å². The van der Waals surface area contributed by atoms with Crippen LogP contribution in [0, 0.1) is 0 Å². The summed E-state index contributed by atoms with van der Waals surface area (Å²) in [7, 11) is 0. The average Bonchev–Trinajstić information content (AvgIpc) is 3.35. The Morgan fingerprint density at radius 1 is 1.03 bits per heavy atom. The lowest BCUT2D eigenvalue weighted by atomic mass is 10.1. The van der Waals surface area contributed by atoms with Gasteiger partial charge in [0.05, 0.1) is 18.5 Å². The molecule has 4 rings (SSSR count). The summed E-state index contributed by atoms with van der Waals surface area (Å²) in [5.41, 5.74) is 4.28. The molecule has 0 unspecified atom stereocenters. The van der Waals surface area contributed by atoms with Gasteiger partial charge in [-0.05, 0) is 43.2 Å². The van der Waals surface area contributed by atoms with Gasteiger partial charge in [0.2, 0.25) is 0 Å². The third-order valence-corrected chi connectivity index (χ3v) is 5.70. The van der Waals surface area contributed by atoms with Crippen molar-refractivity contribution in [2.75, 3.05) is 31.6 Å². The third kappa shape index (κ3) is 6.25. The van der Waals surface area contributed by atoms with E-state index in [0.29, 0.717) is 25.3 Å². The molecule has 1 amide bonds. The number of anilines is 1. The van der Waals surface area contributed by atoms with E-state index in [4.69, 9.17) is 4.74 Å². The summed E-state index contributed by atoms with van der Waals surface area (Å²) in [6.45, 7) is 5.20. The highest BCUT2D eigenvalue weighted by molar-refractivity contribution is 5.95. The van der Waals surface area contributed by atoms with Crippen molar-refractivity contribution in [2.24, 2.45) is 0 Å². The molecule has 0 bridgehead atoms. The quantitative estimate of drug-likeness (QED) is 0.188. The molecule has 0 aliphatic heterocycles. The maximum absolute atomic E-state index is 12.4. The van der Waals surface area contributed by atoms with Crippen molar-refractivity contribution in [3.63, 3.8) is 0 Å². The van der Waals surface area contributed by atoms with Crippen LogP contribution in [0.5, 0.6) is 0 Å². The second-order valence-corrected chi connectivity index (χ2v) is 8.26. The summed E-state index contributed by atoms with van der Waals surface area (Å²) < 4.78 is 4.85. The average molecular weight is 487 g/mol. The molecule has 0 radical (unpaired) electrons. The molecule has 2 aromatic heterocycles. The van der Waals surface area contributed by atoms with Gasteiger partial charge in [-0.15, -0.1) is 0 Å². The zero-order chi connectivity index (χ0) is 25.3. The predicted molar refractivity (Wildman–Crippen MR) is 140 cm³/mol. The molecule has 9 heteroatoms. The van der Waals surface area contributed by atoms with E-state index in [9.17, 15) is 9.59 Å². The van der Waals surface area contributed by atoms with E-state index in [0.717, 1.165) is 28.1 Å². The molecule has 4 aromatic rings. The van der Waals surface area contributed by atoms with E-state index >= 15 is 0 Å². The number of aromatic amines is 1. The Bertz CT molecular complexity index is 1300. The van der Waals surface area contributed by atoms with Gasteiger partial charge >= 0.3 is 5.97 Å². The van der Waals surface area contributed by atoms with Gasteiger partial charge in [0, 0.05) is 30.4 Å². The molecule has 4 N–H and O–H groups in total. The van der Waals surface area contributed by atoms with Crippen LogP contribution in [0.4, 0.5) is 5.82 Å². The van der Waals surface area contributed by atoms with Crippen molar-refractivity contribution >= 4 is 28.7 Å². The number of amides is 1. The molecule has 0 aliphatic carbocycles. The normalized spacial score (nSPS) is 11.7. The van der Waals surface area contributed by atoms with Gasteiger partial charge in [0.25, 0.3) is 5.91 Å². The molecule has 9 nitrogen and oxygen atoms in total. The molecule has 0 fully saturated rings. The lowest BCUT2D eigenvalue weighted by Crippen LogP contribution is -2.34. The van der Waals surface area contributed by atoms with Crippen LogP contribution in [0.1, 0.15) is 35.8 Å². The number of aromatic nitrogens is 3. The summed E-state index contributed by atoms with van der Waals surface area (Å²) in [4.78, 5) is 35.9. The minimum atomic E-state index is -0.309. The molecule has 0 saturated heterocycles. The van der Waals surface area contributed by atoms with E-state index in [-0.39, 0.29) is 24.5 Å². The van der Waals surface area contributed by atoms with Crippen LogP contribution < -0.4 is 16.0 Å². The molecular formula is C27H30N6O3. The number of H-pyrrole nitrogens is 1. The molecule has 0 saturated carbocycles. The number of carbonyl (C=O) groups is 2. The van der Waals surface area contributed by atoms with Crippen LogP contribution in [0.25, 0.3) is 22.3 Å². The minimum Gasteiger partial charge on any atom is -0.465 e. The molecular weight excluding hydrogens is 456 g/mol. The van der Waals surface area contributed by atoms with E-state index in [2.05, 4.69) is 50.0 Å². The Morgan fingerprint density at radius 3 is 2.56 bits per heavy atom. The molecule has 2 heterocycles. The highest BCUT2D eigenvalue weighted by atomic mass is 16.5. The molecule has 1 atom stereocenters. The fourth-order valence-electron chi connectivity index (χ4n) is 3.81. The van der Waals surface area contributed by atoms with Gasteiger partial charge in [-0.25, -0.2) is 9.97 Å². The smallest absolute Gasteiger partial charge is 0.319 e. The van der Waals surface area contributed by atoms with E-state index < -0.39 is 0 Å². The lowest BCUT2D eigenvalue weighted by molar-refractivity contribution is -0.141. The number of fused-ring (bicyclic) bond motifs is 1. The first-order valence-electron chi connectivity index (χ1n) is 12.0. The Morgan fingerprint density at radius 2 is 1.81 bits per heavy atom. The van der Waals surface area contributed by atoms with Gasteiger partial charge in [-0.2, -0.15) is 0 Å². The number of nitrogens with one attached hydrogen (secondary N) is 4. The zero-order valence-electron chi connectivity index (χ0n) is 20.4. The summed E-state index contributed by atoms with van der Waals surface area (Å²) in [5, 5.41) is 10.1. The Hall–Kier alpha value is -4.24. The number of nitrogens with zero attached hydrogens (tertiary/aromatic N) is 2. The number of carbonyl (C=O) groups excluding carboxylic acids is 2. The SMILES string of the molecule is CCOC(=O)CNCCNC(=O)c1ccc(-c2cc3c(N[C@H](C)c4ccccc4)ncnc3[nH]2)cc1. The second-order valence-electron chi connectivity index (χ2n) is 8.26. The summed E-state index contributed by atoms with van der Waals surface area (Å²) >= 11 is 0. The van der Waals surface area contributed by atoms with Crippen LogP contribution in [-0.4, -0.2) is 53.1 Å². The maximum atomic E-state index is 12.4. The van der Waals surface area contributed by atoms with Gasteiger partial charge in [0.15, 0.2) is 0 Å². The molecule has 0 spiro atoms. The molecule has 36 heavy (non-hydrogen) atoms. The third-order valence-electron chi connectivity index (χ3n) is 5.70. The number of esters is 1. The first kappa shape index (κ1) is 24.9. The Kier molecular flexibility index (Phi) is 8.25. The van der Waals surface area contributed by atoms with E-state index in [1.165, 1.54) is 11.9 Å². The first-order valence-corrected chi connectivity index (χ1v) is 12.0. The fraction of sp³-hybridized carbons (Fsp3) is 0.259. The zero-order valence-corrected chi connectivity index (χ0v) is 20.4. The van der Waals surface area contributed by atoms with Crippen LogP contribution >= 0.6 is 0 Å². The van der Waals surface area contributed by atoms with Gasteiger partial charge < -0.3 is 25.7 Å². The Labute approximate surface area is 209 Å². The molecule has 0 aliphatic rings. The highest BCUT2D eigenvalue weighted by Gasteiger charge is 2.13. The predicted octanol–water partition coefficient (Wildman–Crippen LogP) is 3.68. The topological polar surface area (TPSA) is 121 Å². The van der Waals surface area contributed by atoms with Crippen LogP contribution in [0.3, 0.4) is 0 Å². The fourth-order valence-corrected chi connectivity index (χ4v) is 3.81. The van der Waals surface area contributed by atoms with Crippen LogP contribution in [-0.2, 0) is 9.53 Å². The van der Waals surface area contributed by atoms with E-state index in [1.54, 1.807) is 19.1 Å². The van der Waals surface area contributed by atoms with Crippen molar-refractivity contribution in [2.45, 2.75) is 19.9 Å². The number of hydrogen-bond acceptors (Lipinski definition) is 7. The van der Waals surface area contributed by atoms with Gasteiger partial charge in [-0.1, -0.05) is 42.5 Å². The maximum Gasteiger partial charge on any atom is 0.319 e. The molecule has 186 valence electrons. The monoisotopic (exact) mass is 486 g/mol. The summed E-state index contributed by atoms with van der Waals surface area (Å²) in [6, 6.07) is 19.6. The van der Waals surface area contributed by atoms with Crippen molar-refractivity contribution in [3.05, 3.63) is 78.1 Å². The summed E-state index contributed by atoms with van der Waals surface area (Å²) in [5.74, 6) is 0.269. The van der Waals surface area contributed by atoms with Gasteiger partial charge in [-0.3, -0.25) is 9.59 Å². The van der Waals surface area contributed by atoms with Crippen molar-refractivity contribution in [3.8, 4) is 11.3 Å². The Balaban J connectivity index is 1.38. The van der Waals surface area contributed by atoms with Crippen LogP contribution in [0.2, 0.25) is 0 Å². The minimum absolute atomic E-state index is 0.0841. The number of rotatable bonds is 11. The van der Waals surface area contributed by atoms with E-state index in [1.807, 2.05) is 36.4 Å². The lowest BCUT2D eigenvalue weighted by Gasteiger charge is -2.15. The standard InChI is InChI=1S/C27H30N6O3/c1-3-36-24(34)16-28-13-14-29-27(35)21-11-9-20(10-12-21)23-15-22-25(30-17-31-26(22)33-23)32-18(2)19-7-5-4-6-8-19/h4-12,15,17-18,28H,3,13-14,16H2,1-2H3,(H,29,35)(H2,30,31,32,33)/t18-/m1/s1. The molecule has 2 aromatic carbocycles. The summed E-state index contributed by atoms with van der Waals surface area (Å²) in [6.07, 6.45) is 1.54. The first-order chi connectivity index (χ1) is 17.5. The number of hydrogen-bond donors (Lipinski definition) is 4. The highest BCUT2D eigenvalue weighted by Crippen LogP contribution is 2.29.